The van der Waals surface area contributed by atoms with Crippen LogP contribution in [0.5, 0.6) is 5.75 Å². The summed E-state index contributed by atoms with van der Waals surface area (Å²) in [6.45, 7) is 3.26. The first-order valence-electron chi connectivity index (χ1n) is 12.2. The minimum absolute atomic E-state index is 0.194. The van der Waals surface area contributed by atoms with Crippen molar-refractivity contribution in [1.29, 1.82) is 0 Å². The number of nitrogens with one attached hydrogen (secondary N) is 2. The van der Waals surface area contributed by atoms with E-state index in [0.29, 0.717) is 30.0 Å². The molecule has 3 aromatic rings. The van der Waals surface area contributed by atoms with Gasteiger partial charge in [0.25, 0.3) is 11.8 Å². The zero-order valence-corrected chi connectivity index (χ0v) is 21.6. The first-order valence-corrected chi connectivity index (χ1v) is 12.6. The van der Waals surface area contributed by atoms with E-state index in [0.717, 1.165) is 24.2 Å². The van der Waals surface area contributed by atoms with Gasteiger partial charge in [0.2, 0.25) is 0 Å². The molecule has 0 aliphatic rings. The fraction of sp³-hybridized carbons (Fsp3) is 0.276. The predicted octanol–water partition coefficient (Wildman–Crippen LogP) is 5.73. The van der Waals surface area contributed by atoms with Crippen molar-refractivity contribution < 1.29 is 14.3 Å². The van der Waals surface area contributed by atoms with Crippen molar-refractivity contribution in [3.05, 3.63) is 95.6 Å². The molecule has 0 radical (unpaired) electrons. The molecule has 0 aliphatic heterocycles. The Labute approximate surface area is 218 Å². The van der Waals surface area contributed by atoms with Crippen LogP contribution in [0.1, 0.15) is 58.9 Å². The molecular formula is C29H33N3O3S. The molecule has 6 nitrogen and oxygen atoms in total. The van der Waals surface area contributed by atoms with E-state index in [1.807, 2.05) is 36.4 Å². The van der Waals surface area contributed by atoms with Gasteiger partial charge in [0, 0.05) is 19.2 Å². The van der Waals surface area contributed by atoms with E-state index in [1.54, 1.807) is 54.4 Å². The first kappa shape index (κ1) is 26.9. The zero-order chi connectivity index (χ0) is 25.8. The highest BCUT2D eigenvalue weighted by Crippen LogP contribution is 2.20. The average molecular weight is 504 g/mol. The molecular weight excluding hydrogens is 470 g/mol. The first-order chi connectivity index (χ1) is 17.5. The molecule has 2 amide bonds. The van der Waals surface area contributed by atoms with Crippen LogP contribution < -0.4 is 20.3 Å². The fourth-order valence-electron chi connectivity index (χ4n) is 3.62. The number of hydrogen-bond donors (Lipinski definition) is 2. The van der Waals surface area contributed by atoms with Crippen LogP contribution >= 0.6 is 12.2 Å². The van der Waals surface area contributed by atoms with Crippen molar-refractivity contribution >= 4 is 34.8 Å². The molecule has 0 bridgehead atoms. The summed E-state index contributed by atoms with van der Waals surface area (Å²) in [6.07, 6.45) is 4.57. The normalized spacial score (nSPS) is 10.4. The Morgan fingerprint density at radius 3 is 2.28 bits per heavy atom. The van der Waals surface area contributed by atoms with Gasteiger partial charge in [-0.25, -0.2) is 0 Å². The van der Waals surface area contributed by atoms with Crippen LogP contribution in [0.25, 0.3) is 0 Å². The Morgan fingerprint density at radius 2 is 1.56 bits per heavy atom. The molecule has 0 aliphatic carbocycles. The topological polar surface area (TPSA) is 70.7 Å². The maximum absolute atomic E-state index is 12.9. The summed E-state index contributed by atoms with van der Waals surface area (Å²) in [7, 11) is 1.72. The monoisotopic (exact) mass is 503 g/mol. The molecule has 0 aromatic heterocycles. The molecule has 0 unspecified atom stereocenters. The molecule has 3 rings (SSSR count). The third-order valence-corrected chi connectivity index (χ3v) is 6.09. The maximum atomic E-state index is 12.9. The van der Waals surface area contributed by atoms with Crippen molar-refractivity contribution in [2.24, 2.45) is 0 Å². The molecule has 188 valence electrons. The Kier molecular flexibility index (Phi) is 10.5. The van der Waals surface area contributed by atoms with Crippen molar-refractivity contribution in [3.8, 4) is 5.75 Å². The highest BCUT2D eigenvalue weighted by atomic mass is 32.1. The molecule has 2 N–H and O–H groups in total. The van der Waals surface area contributed by atoms with Gasteiger partial charge in [-0.15, -0.1) is 0 Å². The SMILES string of the molecule is CCCCCCOc1ccc(C(=O)NC(=S)N(C)c2ccccc2C(=O)NCc2ccccc2)cc1. The Hall–Kier alpha value is -3.71. The number of ether oxygens (including phenoxy) is 1. The number of benzene rings is 3. The van der Waals surface area contributed by atoms with Crippen LogP contribution in [0.4, 0.5) is 5.69 Å². The second-order valence-electron chi connectivity index (χ2n) is 8.44. The van der Waals surface area contributed by atoms with Crippen LogP contribution in [-0.4, -0.2) is 30.6 Å². The summed E-state index contributed by atoms with van der Waals surface area (Å²) in [5.74, 6) is 0.186. The van der Waals surface area contributed by atoms with Gasteiger partial charge in [0.05, 0.1) is 17.9 Å². The number of anilines is 1. The average Bonchev–Trinajstić information content (AvgIpc) is 2.92. The molecule has 0 saturated heterocycles. The van der Waals surface area contributed by atoms with Crippen LogP contribution in [0.3, 0.4) is 0 Å². The van der Waals surface area contributed by atoms with E-state index in [2.05, 4.69) is 17.6 Å². The number of thiocarbonyl (C=S) groups is 1. The van der Waals surface area contributed by atoms with Crippen molar-refractivity contribution in [2.75, 3.05) is 18.6 Å². The van der Waals surface area contributed by atoms with E-state index in [-0.39, 0.29) is 16.9 Å². The minimum atomic E-state index is -0.327. The smallest absolute Gasteiger partial charge is 0.257 e. The molecule has 36 heavy (non-hydrogen) atoms. The second-order valence-corrected chi connectivity index (χ2v) is 8.82. The molecule has 7 heteroatoms. The molecule has 0 heterocycles. The van der Waals surface area contributed by atoms with E-state index in [4.69, 9.17) is 17.0 Å². The van der Waals surface area contributed by atoms with E-state index in [9.17, 15) is 9.59 Å². The molecule has 0 saturated carbocycles. The molecule has 0 spiro atoms. The number of rotatable bonds is 11. The van der Waals surface area contributed by atoms with Gasteiger partial charge < -0.3 is 15.0 Å². The predicted molar refractivity (Wildman–Crippen MR) is 149 cm³/mol. The number of amides is 2. The van der Waals surface area contributed by atoms with Gasteiger partial charge in [-0.3, -0.25) is 14.9 Å². The van der Waals surface area contributed by atoms with Gasteiger partial charge in [0.15, 0.2) is 5.11 Å². The summed E-state index contributed by atoms with van der Waals surface area (Å²) < 4.78 is 5.74. The van der Waals surface area contributed by atoms with Gasteiger partial charge in [-0.2, -0.15) is 0 Å². The highest BCUT2D eigenvalue weighted by molar-refractivity contribution is 7.80. The summed E-state index contributed by atoms with van der Waals surface area (Å²) in [5, 5.41) is 5.88. The van der Waals surface area contributed by atoms with Gasteiger partial charge in [0.1, 0.15) is 5.75 Å². The second kappa shape index (κ2) is 14.0. The third kappa shape index (κ3) is 7.92. The van der Waals surface area contributed by atoms with Crippen molar-refractivity contribution in [1.82, 2.24) is 10.6 Å². The van der Waals surface area contributed by atoms with Gasteiger partial charge in [-0.1, -0.05) is 68.7 Å². The van der Waals surface area contributed by atoms with E-state index >= 15 is 0 Å². The van der Waals surface area contributed by atoms with E-state index < -0.39 is 0 Å². The number of para-hydroxylation sites is 1. The number of carbonyl (C=O) groups is 2. The van der Waals surface area contributed by atoms with Crippen LogP contribution in [0, 0.1) is 0 Å². The number of nitrogens with zero attached hydrogens (tertiary/aromatic N) is 1. The standard InChI is InChI=1S/C29H33N3O3S/c1-3-4-5-11-20-35-24-18-16-23(17-19-24)27(33)31-29(36)32(2)26-15-10-9-14-25(26)28(34)30-21-22-12-7-6-8-13-22/h6-10,12-19H,3-5,11,20-21H2,1-2H3,(H,30,34)(H,31,33,36). The number of carbonyl (C=O) groups excluding carboxylic acids is 2. The lowest BCUT2D eigenvalue weighted by Gasteiger charge is -2.23. The molecule has 3 aromatic carbocycles. The van der Waals surface area contributed by atoms with Gasteiger partial charge in [-0.05, 0) is 60.6 Å². The van der Waals surface area contributed by atoms with Crippen molar-refractivity contribution in [3.63, 3.8) is 0 Å². The quantitative estimate of drug-likeness (QED) is 0.258. The third-order valence-electron chi connectivity index (χ3n) is 5.71. The summed E-state index contributed by atoms with van der Waals surface area (Å²) in [5.41, 5.74) is 2.54. The number of hydrogen-bond acceptors (Lipinski definition) is 4. The Balaban J connectivity index is 1.57. The largest absolute Gasteiger partial charge is 0.494 e. The lowest BCUT2D eigenvalue weighted by molar-refractivity contribution is 0.0949. The molecule has 0 fully saturated rings. The Bertz CT molecular complexity index is 1150. The molecule has 0 atom stereocenters. The lowest BCUT2D eigenvalue weighted by atomic mass is 10.1. The van der Waals surface area contributed by atoms with E-state index in [1.165, 1.54) is 12.8 Å². The summed E-state index contributed by atoms with van der Waals surface area (Å²) >= 11 is 5.48. The highest BCUT2D eigenvalue weighted by Gasteiger charge is 2.18. The zero-order valence-electron chi connectivity index (χ0n) is 20.8. The summed E-state index contributed by atoms with van der Waals surface area (Å²) in [4.78, 5) is 27.3. The fourth-order valence-corrected chi connectivity index (χ4v) is 3.81. The van der Waals surface area contributed by atoms with Crippen LogP contribution in [-0.2, 0) is 6.54 Å². The van der Waals surface area contributed by atoms with Gasteiger partial charge >= 0.3 is 0 Å². The van der Waals surface area contributed by atoms with Crippen LogP contribution in [0.15, 0.2) is 78.9 Å². The summed E-state index contributed by atoms with van der Waals surface area (Å²) in [6, 6.07) is 23.8. The van der Waals surface area contributed by atoms with Crippen molar-refractivity contribution in [2.45, 2.75) is 39.2 Å². The maximum Gasteiger partial charge on any atom is 0.257 e. The number of unbranched alkanes of at least 4 members (excludes halogenated alkanes) is 3. The Morgan fingerprint density at radius 1 is 0.861 bits per heavy atom. The minimum Gasteiger partial charge on any atom is -0.494 e. The van der Waals surface area contributed by atoms with Crippen LogP contribution in [0.2, 0.25) is 0 Å². The lowest BCUT2D eigenvalue weighted by Crippen LogP contribution is -2.41.